The Morgan fingerprint density at radius 2 is 2.00 bits per heavy atom. The Bertz CT molecular complexity index is 454. The standard InChI is InChI=1S/C14H18N2O4/c1-10-3-4-11(10)14(20)15(9-17)7-2-8-16-12(18)5-6-13(16)19/h5-6,9-11H,2-4,7-8H2,1H3. The third-order valence-electron chi connectivity index (χ3n) is 4.03. The highest BCUT2D eigenvalue weighted by Gasteiger charge is 2.35. The van der Waals surface area contributed by atoms with Gasteiger partial charge in [-0.15, -0.1) is 0 Å². The van der Waals surface area contributed by atoms with E-state index in [1.165, 1.54) is 17.1 Å². The Morgan fingerprint density at radius 3 is 2.45 bits per heavy atom. The van der Waals surface area contributed by atoms with Gasteiger partial charge in [0, 0.05) is 31.2 Å². The molecule has 0 aromatic carbocycles. The van der Waals surface area contributed by atoms with Crippen LogP contribution in [0.4, 0.5) is 0 Å². The van der Waals surface area contributed by atoms with E-state index >= 15 is 0 Å². The summed E-state index contributed by atoms with van der Waals surface area (Å²) in [7, 11) is 0. The van der Waals surface area contributed by atoms with Gasteiger partial charge in [0.2, 0.25) is 12.3 Å². The number of carbonyl (C=O) groups is 4. The normalized spacial score (nSPS) is 24.8. The number of carbonyl (C=O) groups excluding carboxylic acids is 4. The first kappa shape index (κ1) is 14.4. The van der Waals surface area contributed by atoms with Crippen LogP contribution in [0.1, 0.15) is 26.2 Å². The molecule has 1 aliphatic heterocycles. The molecule has 6 nitrogen and oxygen atoms in total. The Kier molecular flexibility index (Phi) is 4.32. The van der Waals surface area contributed by atoms with Crippen LogP contribution < -0.4 is 0 Å². The lowest BCUT2D eigenvalue weighted by molar-refractivity contribution is -0.145. The maximum Gasteiger partial charge on any atom is 0.253 e. The monoisotopic (exact) mass is 278 g/mol. The SMILES string of the molecule is CC1CCC1C(=O)N(C=O)CCCN1C(=O)C=CC1=O. The summed E-state index contributed by atoms with van der Waals surface area (Å²) in [6.45, 7) is 2.47. The average Bonchev–Trinajstić information content (AvgIpc) is 2.73. The molecular formula is C14H18N2O4. The summed E-state index contributed by atoms with van der Waals surface area (Å²) in [5.74, 6) is -0.554. The van der Waals surface area contributed by atoms with Gasteiger partial charge in [0.05, 0.1) is 0 Å². The van der Waals surface area contributed by atoms with Crippen molar-refractivity contribution in [1.29, 1.82) is 0 Å². The zero-order chi connectivity index (χ0) is 14.7. The minimum atomic E-state index is -0.341. The van der Waals surface area contributed by atoms with Crippen molar-refractivity contribution in [3.8, 4) is 0 Å². The molecule has 0 aromatic rings. The smallest absolute Gasteiger partial charge is 0.253 e. The second-order valence-corrected chi connectivity index (χ2v) is 5.31. The van der Waals surface area contributed by atoms with E-state index in [-0.39, 0.29) is 36.7 Å². The van der Waals surface area contributed by atoms with Gasteiger partial charge in [0.25, 0.3) is 11.8 Å². The number of nitrogens with zero attached hydrogens (tertiary/aromatic N) is 2. The average molecular weight is 278 g/mol. The summed E-state index contributed by atoms with van der Waals surface area (Å²) in [5.41, 5.74) is 0. The quantitative estimate of drug-likeness (QED) is 0.518. The van der Waals surface area contributed by atoms with Crippen molar-refractivity contribution in [3.63, 3.8) is 0 Å². The highest BCUT2D eigenvalue weighted by atomic mass is 16.2. The van der Waals surface area contributed by atoms with E-state index in [2.05, 4.69) is 0 Å². The minimum absolute atomic E-state index is 0.0584. The fourth-order valence-corrected chi connectivity index (χ4v) is 2.51. The maximum atomic E-state index is 12.1. The minimum Gasteiger partial charge on any atom is -0.285 e. The van der Waals surface area contributed by atoms with E-state index in [0.717, 1.165) is 17.7 Å². The Morgan fingerprint density at radius 1 is 1.35 bits per heavy atom. The number of amides is 4. The second-order valence-electron chi connectivity index (χ2n) is 5.31. The van der Waals surface area contributed by atoms with Gasteiger partial charge in [-0.05, 0) is 25.2 Å². The van der Waals surface area contributed by atoms with Gasteiger partial charge in [-0.2, -0.15) is 0 Å². The van der Waals surface area contributed by atoms with E-state index in [4.69, 9.17) is 0 Å². The molecule has 1 heterocycles. The molecule has 0 N–H and O–H groups in total. The molecule has 20 heavy (non-hydrogen) atoms. The molecule has 108 valence electrons. The molecule has 1 aliphatic carbocycles. The van der Waals surface area contributed by atoms with Crippen LogP contribution in [0.2, 0.25) is 0 Å². The lowest BCUT2D eigenvalue weighted by atomic mass is 9.74. The molecule has 0 saturated heterocycles. The zero-order valence-corrected chi connectivity index (χ0v) is 11.4. The van der Waals surface area contributed by atoms with E-state index in [1.54, 1.807) is 0 Å². The van der Waals surface area contributed by atoms with Crippen LogP contribution in [0.3, 0.4) is 0 Å². The van der Waals surface area contributed by atoms with Crippen molar-refractivity contribution in [2.75, 3.05) is 13.1 Å². The van der Waals surface area contributed by atoms with Gasteiger partial charge in [-0.1, -0.05) is 6.92 Å². The molecule has 2 atom stereocenters. The zero-order valence-electron chi connectivity index (χ0n) is 11.4. The molecular weight excluding hydrogens is 260 g/mol. The first-order chi connectivity index (χ1) is 9.54. The van der Waals surface area contributed by atoms with Gasteiger partial charge in [-0.3, -0.25) is 29.0 Å². The third-order valence-corrected chi connectivity index (χ3v) is 4.03. The van der Waals surface area contributed by atoms with Gasteiger partial charge in [-0.25, -0.2) is 0 Å². The van der Waals surface area contributed by atoms with Crippen molar-refractivity contribution in [1.82, 2.24) is 9.80 Å². The van der Waals surface area contributed by atoms with Crippen LogP contribution in [0.15, 0.2) is 12.2 Å². The van der Waals surface area contributed by atoms with Crippen molar-refractivity contribution in [2.45, 2.75) is 26.2 Å². The van der Waals surface area contributed by atoms with Crippen LogP contribution in [-0.4, -0.2) is 47.0 Å². The molecule has 4 amide bonds. The summed E-state index contributed by atoms with van der Waals surface area (Å²) in [6.07, 6.45) is 5.24. The topological polar surface area (TPSA) is 74.8 Å². The number of hydrogen-bond donors (Lipinski definition) is 0. The van der Waals surface area contributed by atoms with Gasteiger partial charge in [0.15, 0.2) is 0 Å². The highest BCUT2D eigenvalue weighted by molar-refractivity contribution is 6.12. The van der Waals surface area contributed by atoms with Gasteiger partial charge in [0.1, 0.15) is 0 Å². The molecule has 0 spiro atoms. The Balaban J connectivity index is 1.79. The summed E-state index contributed by atoms with van der Waals surface area (Å²) >= 11 is 0. The highest BCUT2D eigenvalue weighted by Crippen LogP contribution is 2.34. The third kappa shape index (κ3) is 2.79. The predicted octanol–water partition coefficient (Wildman–Crippen LogP) is 0.333. The molecule has 2 unspecified atom stereocenters. The van der Waals surface area contributed by atoms with Crippen molar-refractivity contribution in [3.05, 3.63) is 12.2 Å². The fourth-order valence-electron chi connectivity index (χ4n) is 2.51. The maximum absolute atomic E-state index is 12.1. The Hall–Kier alpha value is -1.98. The van der Waals surface area contributed by atoms with Crippen LogP contribution in [-0.2, 0) is 19.2 Å². The molecule has 1 fully saturated rings. The lowest BCUT2D eigenvalue weighted by Gasteiger charge is -2.34. The van der Waals surface area contributed by atoms with Crippen molar-refractivity contribution < 1.29 is 19.2 Å². The summed E-state index contributed by atoms with van der Waals surface area (Å²) in [6, 6.07) is 0. The molecule has 2 rings (SSSR count). The summed E-state index contributed by atoms with van der Waals surface area (Å²) in [5, 5.41) is 0. The number of rotatable bonds is 6. The molecule has 0 radical (unpaired) electrons. The van der Waals surface area contributed by atoms with Gasteiger partial charge >= 0.3 is 0 Å². The van der Waals surface area contributed by atoms with E-state index in [1.807, 2.05) is 6.92 Å². The largest absolute Gasteiger partial charge is 0.285 e. The molecule has 2 aliphatic rings. The van der Waals surface area contributed by atoms with Crippen LogP contribution in [0, 0.1) is 11.8 Å². The number of hydrogen-bond acceptors (Lipinski definition) is 4. The molecule has 0 aromatic heterocycles. The van der Waals surface area contributed by atoms with E-state index in [0.29, 0.717) is 18.7 Å². The molecule has 6 heteroatoms. The van der Waals surface area contributed by atoms with Crippen LogP contribution in [0.25, 0.3) is 0 Å². The molecule has 1 saturated carbocycles. The lowest BCUT2D eigenvalue weighted by Crippen LogP contribution is -2.43. The first-order valence-corrected chi connectivity index (χ1v) is 6.84. The van der Waals surface area contributed by atoms with Crippen molar-refractivity contribution >= 4 is 24.1 Å². The summed E-state index contributed by atoms with van der Waals surface area (Å²) < 4.78 is 0. The molecule has 0 bridgehead atoms. The number of imide groups is 2. The van der Waals surface area contributed by atoms with Crippen LogP contribution >= 0.6 is 0 Å². The van der Waals surface area contributed by atoms with Crippen molar-refractivity contribution in [2.24, 2.45) is 11.8 Å². The Labute approximate surface area is 117 Å². The second kappa shape index (κ2) is 5.98. The first-order valence-electron chi connectivity index (χ1n) is 6.84. The van der Waals surface area contributed by atoms with E-state index < -0.39 is 0 Å². The van der Waals surface area contributed by atoms with E-state index in [9.17, 15) is 19.2 Å². The predicted molar refractivity (Wildman–Crippen MR) is 70.1 cm³/mol. The summed E-state index contributed by atoms with van der Waals surface area (Å²) in [4.78, 5) is 48.0. The van der Waals surface area contributed by atoms with Gasteiger partial charge < -0.3 is 0 Å². The fraction of sp³-hybridized carbons (Fsp3) is 0.571. The van der Waals surface area contributed by atoms with Crippen LogP contribution in [0.5, 0.6) is 0 Å².